The van der Waals surface area contributed by atoms with Gasteiger partial charge in [0.05, 0.1) is 17.5 Å². The first-order valence-corrected chi connectivity index (χ1v) is 9.85. The van der Waals surface area contributed by atoms with E-state index in [1.165, 1.54) is 37.3 Å². The van der Waals surface area contributed by atoms with Crippen LogP contribution in [-0.4, -0.2) is 26.6 Å². The predicted octanol–water partition coefficient (Wildman–Crippen LogP) is 4.15. The van der Waals surface area contributed by atoms with Crippen LogP contribution in [0.15, 0.2) is 48.5 Å². The number of hydrogen-bond acceptors (Lipinski definition) is 3. The molecule has 0 saturated heterocycles. The summed E-state index contributed by atoms with van der Waals surface area (Å²) in [5, 5.41) is 2.96. The van der Waals surface area contributed by atoms with Gasteiger partial charge in [-0.3, -0.25) is 9.10 Å². The number of amides is 1. The average Bonchev–Trinajstić information content (AvgIpc) is 2.55. The highest BCUT2D eigenvalue weighted by Gasteiger charge is 2.34. The second kappa shape index (κ2) is 7.77. The van der Waals surface area contributed by atoms with Gasteiger partial charge in [-0.2, -0.15) is 13.2 Å². The summed E-state index contributed by atoms with van der Waals surface area (Å²) < 4.78 is 63.9. The van der Waals surface area contributed by atoms with E-state index in [1.807, 2.05) is 0 Å². The third-order valence-corrected chi connectivity index (χ3v) is 5.12. The second-order valence-corrected chi connectivity index (χ2v) is 8.07. The number of nitrogens with one attached hydrogen (secondary N) is 1. The number of anilines is 2. The zero-order chi connectivity index (χ0) is 20.4. The van der Waals surface area contributed by atoms with Crippen LogP contribution in [0.5, 0.6) is 0 Å². The molecular weight excluding hydrogens is 405 g/mol. The van der Waals surface area contributed by atoms with Gasteiger partial charge in [-0.15, -0.1) is 0 Å². The Balaban J connectivity index is 2.36. The summed E-state index contributed by atoms with van der Waals surface area (Å²) >= 11 is 5.76. The van der Waals surface area contributed by atoms with Gasteiger partial charge in [-0.05, 0) is 49.4 Å². The fraction of sp³-hybridized carbons (Fsp3) is 0.235. The van der Waals surface area contributed by atoms with Crippen molar-refractivity contribution in [2.24, 2.45) is 0 Å². The van der Waals surface area contributed by atoms with Crippen LogP contribution in [0.3, 0.4) is 0 Å². The van der Waals surface area contributed by atoms with Gasteiger partial charge in [0.1, 0.15) is 6.04 Å². The highest BCUT2D eigenvalue weighted by Crippen LogP contribution is 2.33. The monoisotopic (exact) mass is 420 g/mol. The Morgan fingerprint density at radius 2 is 1.74 bits per heavy atom. The van der Waals surface area contributed by atoms with Crippen molar-refractivity contribution in [2.75, 3.05) is 15.9 Å². The predicted molar refractivity (Wildman–Crippen MR) is 98.3 cm³/mol. The normalized spacial score (nSPS) is 13.1. The highest BCUT2D eigenvalue weighted by atomic mass is 35.5. The van der Waals surface area contributed by atoms with Crippen molar-refractivity contribution in [1.82, 2.24) is 0 Å². The molecule has 146 valence electrons. The number of alkyl halides is 3. The van der Waals surface area contributed by atoms with E-state index >= 15 is 0 Å². The molecule has 0 aliphatic carbocycles. The molecule has 0 spiro atoms. The van der Waals surface area contributed by atoms with Gasteiger partial charge in [0.25, 0.3) is 0 Å². The number of nitrogens with zero attached hydrogens (tertiary/aromatic N) is 1. The lowest BCUT2D eigenvalue weighted by atomic mass is 10.1. The molecule has 2 aromatic carbocycles. The molecule has 0 bridgehead atoms. The number of halogens is 4. The quantitative estimate of drug-likeness (QED) is 0.790. The van der Waals surface area contributed by atoms with E-state index in [2.05, 4.69) is 5.32 Å². The minimum Gasteiger partial charge on any atom is -0.324 e. The molecule has 1 atom stereocenters. The number of carbonyl (C=O) groups excluding carboxylic acids is 1. The summed E-state index contributed by atoms with van der Waals surface area (Å²) in [5.74, 6) is -0.708. The van der Waals surface area contributed by atoms with Crippen molar-refractivity contribution in [3.05, 3.63) is 59.1 Å². The van der Waals surface area contributed by atoms with Gasteiger partial charge in [0.2, 0.25) is 15.9 Å². The number of benzene rings is 2. The fourth-order valence-electron chi connectivity index (χ4n) is 2.41. The van der Waals surface area contributed by atoms with E-state index in [0.29, 0.717) is 21.1 Å². The summed E-state index contributed by atoms with van der Waals surface area (Å²) in [6.07, 6.45) is -3.83. The van der Waals surface area contributed by atoms with Crippen molar-refractivity contribution in [3.63, 3.8) is 0 Å². The van der Waals surface area contributed by atoms with Crippen LogP contribution >= 0.6 is 11.6 Å². The summed E-state index contributed by atoms with van der Waals surface area (Å²) in [4.78, 5) is 12.5. The SMILES string of the molecule is C[C@H](C(=O)Nc1ccc(Cl)cc1)N(c1cccc(C(F)(F)F)c1)S(C)(=O)=O. The van der Waals surface area contributed by atoms with Crippen molar-refractivity contribution in [1.29, 1.82) is 0 Å². The topological polar surface area (TPSA) is 66.5 Å². The molecule has 0 aromatic heterocycles. The van der Waals surface area contributed by atoms with Crippen LogP contribution in [0.25, 0.3) is 0 Å². The Labute approximate surface area is 159 Å². The standard InChI is InChI=1S/C17H16ClF3N2O3S/c1-11(16(24)22-14-8-6-13(18)7-9-14)23(27(2,25)26)15-5-3-4-12(10-15)17(19,20)21/h3-11H,1-2H3,(H,22,24)/t11-/m1/s1. The van der Waals surface area contributed by atoms with Crippen LogP contribution in [0.4, 0.5) is 24.5 Å². The van der Waals surface area contributed by atoms with Crippen LogP contribution in [0.1, 0.15) is 12.5 Å². The first kappa shape index (κ1) is 21.0. The average molecular weight is 421 g/mol. The van der Waals surface area contributed by atoms with Gasteiger partial charge in [0, 0.05) is 10.7 Å². The third-order valence-electron chi connectivity index (χ3n) is 3.63. The molecule has 0 saturated carbocycles. The van der Waals surface area contributed by atoms with Crippen molar-refractivity contribution >= 4 is 38.9 Å². The number of hydrogen-bond donors (Lipinski definition) is 1. The first-order valence-electron chi connectivity index (χ1n) is 7.62. The van der Waals surface area contributed by atoms with Gasteiger partial charge in [-0.25, -0.2) is 8.42 Å². The molecule has 10 heteroatoms. The van der Waals surface area contributed by atoms with E-state index in [-0.39, 0.29) is 5.69 Å². The van der Waals surface area contributed by atoms with E-state index in [1.54, 1.807) is 0 Å². The minimum absolute atomic E-state index is 0.258. The van der Waals surface area contributed by atoms with Crippen LogP contribution in [0.2, 0.25) is 5.02 Å². The lowest BCUT2D eigenvalue weighted by Crippen LogP contribution is -2.45. The molecule has 0 fully saturated rings. The Kier molecular flexibility index (Phi) is 6.06. The Morgan fingerprint density at radius 3 is 2.26 bits per heavy atom. The molecule has 0 heterocycles. The molecule has 5 nitrogen and oxygen atoms in total. The largest absolute Gasteiger partial charge is 0.416 e. The van der Waals surface area contributed by atoms with Crippen molar-refractivity contribution in [3.8, 4) is 0 Å². The molecule has 27 heavy (non-hydrogen) atoms. The molecule has 0 aliphatic rings. The van der Waals surface area contributed by atoms with Crippen LogP contribution in [-0.2, 0) is 21.0 Å². The van der Waals surface area contributed by atoms with Crippen molar-refractivity contribution < 1.29 is 26.4 Å². The van der Waals surface area contributed by atoms with Gasteiger partial charge >= 0.3 is 6.18 Å². The van der Waals surface area contributed by atoms with E-state index in [9.17, 15) is 26.4 Å². The molecule has 0 aliphatic heterocycles. The van der Waals surface area contributed by atoms with Gasteiger partial charge in [0.15, 0.2) is 0 Å². The first-order chi connectivity index (χ1) is 12.4. The fourth-order valence-corrected chi connectivity index (χ4v) is 3.70. The van der Waals surface area contributed by atoms with Crippen LogP contribution < -0.4 is 9.62 Å². The second-order valence-electron chi connectivity index (χ2n) is 5.78. The van der Waals surface area contributed by atoms with Crippen molar-refractivity contribution in [2.45, 2.75) is 19.1 Å². The third kappa shape index (κ3) is 5.36. The maximum Gasteiger partial charge on any atom is 0.416 e. The zero-order valence-electron chi connectivity index (χ0n) is 14.3. The molecule has 1 amide bonds. The Hall–Kier alpha value is -2.26. The lowest BCUT2D eigenvalue weighted by molar-refractivity contribution is -0.137. The Bertz CT molecular complexity index is 931. The summed E-state index contributed by atoms with van der Waals surface area (Å²) in [5.41, 5.74) is -0.904. The summed E-state index contributed by atoms with van der Waals surface area (Å²) in [7, 11) is -4.04. The highest BCUT2D eigenvalue weighted by molar-refractivity contribution is 7.92. The summed E-state index contributed by atoms with van der Waals surface area (Å²) in [6, 6.07) is 8.59. The molecule has 2 aromatic rings. The smallest absolute Gasteiger partial charge is 0.324 e. The zero-order valence-corrected chi connectivity index (χ0v) is 15.9. The van der Waals surface area contributed by atoms with E-state index < -0.39 is 33.7 Å². The lowest BCUT2D eigenvalue weighted by Gasteiger charge is -2.28. The Morgan fingerprint density at radius 1 is 1.15 bits per heavy atom. The molecule has 0 unspecified atom stereocenters. The minimum atomic E-state index is -4.64. The molecule has 0 radical (unpaired) electrons. The van der Waals surface area contributed by atoms with Crippen LogP contribution in [0, 0.1) is 0 Å². The van der Waals surface area contributed by atoms with Gasteiger partial charge in [-0.1, -0.05) is 17.7 Å². The number of rotatable bonds is 5. The van der Waals surface area contributed by atoms with E-state index in [4.69, 9.17) is 11.6 Å². The van der Waals surface area contributed by atoms with Gasteiger partial charge < -0.3 is 5.32 Å². The number of carbonyl (C=O) groups is 1. The van der Waals surface area contributed by atoms with E-state index in [0.717, 1.165) is 18.4 Å². The molecule has 1 N–H and O–H groups in total. The summed E-state index contributed by atoms with van der Waals surface area (Å²) in [6.45, 7) is 1.28. The molecule has 2 rings (SSSR count). The maximum absolute atomic E-state index is 12.9. The molecular formula is C17H16ClF3N2O3S. The number of sulfonamides is 1. The maximum atomic E-state index is 12.9.